The molecule has 0 spiro atoms. The zero-order valence-electron chi connectivity index (χ0n) is 15.2. The average molecular weight is 339 g/mol. The van der Waals surface area contributed by atoms with Crippen LogP contribution >= 0.6 is 0 Å². The SMILES string of the molecule is C[C@@H]1CN(CCC2CCN(C(=O)[C@H]3COCCN3)CC2)C[C@@H](C)O1. The molecular formula is C18H33N3O3. The van der Waals surface area contributed by atoms with Crippen LogP contribution in [0.3, 0.4) is 0 Å². The molecule has 3 atom stereocenters. The van der Waals surface area contributed by atoms with E-state index in [1.807, 2.05) is 4.90 Å². The first kappa shape index (κ1) is 18.1. The number of hydrogen-bond acceptors (Lipinski definition) is 5. The van der Waals surface area contributed by atoms with Crippen molar-refractivity contribution in [2.24, 2.45) is 5.92 Å². The fourth-order valence-corrected chi connectivity index (χ4v) is 4.22. The standard InChI is InChI=1S/C18H33N3O3/c1-14-11-20(12-15(2)24-14)7-3-16-4-8-21(9-5-16)18(22)17-13-23-10-6-19-17/h14-17,19H,3-13H2,1-2H3/t14-,15-,17-/m1/s1. The van der Waals surface area contributed by atoms with E-state index in [9.17, 15) is 4.79 Å². The Morgan fingerprint density at radius 2 is 1.88 bits per heavy atom. The van der Waals surface area contributed by atoms with Crippen LogP contribution in [-0.2, 0) is 14.3 Å². The molecule has 1 amide bonds. The van der Waals surface area contributed by atoms with E-state index < -0.39 is 0 Å². The van der Waals surface area contributed by atoms with Gasteiger partial charge in [-0.2, -0.15) is 0 Å². The first-order valence-corrected chi connectivity index (χ1v) is 9.59. The number of hydrogen-bond donors (Lipinski definition) is 1. The lowest BCUT2D eigenvalue weighted by atomic mass is 9.92. The van der Waals surface area contributed by atoms with Gasteiger partial charge >= 0.3 is 0 Å². The molecule has 3 saturated heterocycles. The van der Waals surface area contributed by atoms with E-state index in [4.69, 9.17) is 9.47 Å². The second-order valence-electron chi connectivity index (χ2n) is 7.66. The number of ether oxygens (including phenoxy) is 2. The minimum absolute atomic E-state index is 0.133. The highest BCUT2D eigenvalue weighted by molar-refractivity contribution is 5.82. The number of morpholine rings is 2. The number of nitrogens with zero attached hydrogens (tertiary/aromatic N) is 2. The van der Waals surface area contributed by atoms with Gasteiger partial charge in [-0.3, -0.25) is 9.69 Å². The normalized spacial score (nSPS) is 33.6. The van der Waals surface area contributed by atoms with Gasteiger partial charge in [0.15, 0.2) is 0 Å². The van der Waals surface area contributed by atoms with Gasteiger partial charge < -0.3 is 19.7 Å². The average Bonchev–Trinajstić information content (AvgIpc) is 2.60. The van der Waals surface area contributed by atoms with Gasteiger partial charge in [-0.1, -0.05) is 0 Å². The van der Waals surface area contributed by atoms with Crippen molar-refractivity contribution >= 4 is 5.91 Å². The summed E-state index contributed by atoms with van der Waals surface area (Å²) in [7, 11) is 0. The van der Waals surface area contributed by atoms with Crippen molar-refractivity contribution in [3.8, 4) is 0 Å². The van der Waals surface area contributed by atoms with Crippen molar-refractivity contribution in [3.63, 3.8) is 0 Å². The number of carbonyl (C=O) groups is 1. The number of likely N-dealkylation sites (tertiary alicyclic amines) is 1. The number of piperidine rings is 1. The third kappa shape index (κ3) is 4.91. The second kappa shape index (κ2) is 8.61. The van der Waals surface area contributed by atoms with E-state index in [0.29, 0.717) is 25.4 Å². The van der Waals surface area contributed by atoms with Gasteiger partial charge in [0, 0.05) is 32.7 Å². The van der Waals surface area contributed by atoms with Crippen LogP contribution in [0.2, 0.25) is 0 Å². The van der Waals surface area contributed by atoms with Gasteiger partial charge in [0.2, 0.25) is 5.91 Å². The summed E-state index contributed by atoms with van der Waals surface area (Å²) in [6.07, 6.45) is 4.20. The molecule has 24 heavy (non-hydrogen) atoms. The molecule has 0 aromatic rings. The van der Waals surface area contributed by atoms with Crippen LogP contribution in [0.25, 0.3) is 0 Å². The molecule has 6 nitrogen and oxygen atoms in total. The van der Waals surface area contributed by atoms with Crippen LogP contribution in [0.15, 0.2) is 0 Å². The van der Waals surface area contributed by atoms with Crippen LogP contribution < -0.4 is 5.32 Å². The molecule has 3 fully saturated rings. The Kier molecular flexibility index (Phi) is 6.49. The maximum atomic E-state index is 12.5. The van der Waals surface area contributed by atoms with E-state index in [2.05, 4.69) is 24.1 Å². The minimum atomic E-state index is -0.133. The van der Waals surface area contributed by atoms with Gasteiger partial charge in [-0.25, -0.2) is 0 Å². The van der Waals surface area contributed by atoms with E-state index in [-0.39, 0.29) is 11.9 Å². The summed E-state index contributed by atoms with van der Waals surface area (Å²) >= 11 is 0. The van der Waals surface area contributed by atoms with Gasteiger partial charge in [-0.05, 0) is 45.6 Å². The van der Waals surface area contributed by atoms with Gasteiger partial charge in [-0.15, -0.1) is 0 Å². The van der Waals surface area contributed by atoms with Gasteiger partial charge in [0.1, 0.15) is 6.04 Å². The molecule has 6 heteroatoms. The molecule has 1 N–H and O–H groups in total. The van der Waals surface area contributed by atoms with Crippen molar-refractivity contribution in [1.82, 2.24) is 15.1 Å². The third-order valence-electron chi connectivity index (χ3n) is 5.49. The summed E-state index contributed by atoms with van der Waals surface area (Å²) in [5.74, 6) is 0.974. The summed E-state index contributed by atoms with van der Waals surface area (Å²) in [5.41, 5.74) is 0. The lowest BCUT2D eigenvalue weighted by Gasteiger charge is -2.38. The summed E-state index contributed by atoms with van der Waals surface area (Å²) in [6.45, 7) is 11.4. The third-order valence-corrected chi connectivity index (χ3v) is 5.49. The maximum Gasteiger partial charge on any atom is 0.242 e. The second-order valence-corrected chi connectivity index (χ2v) is 7.66. The molecular weight excluding hydrogens is 306 g/mol. The van der Waals surface area contributed by atoms with Gasteiger partial charge in [0.05, 0.1) is 25.4 Å². The Balaban J connectivity index is 1.36. The molecule has 0 bridgehead atoms. The Hall–Kier alpha value is -0.690. The highest BCUT2D eigenvalue weighted by Crippen LogP contribution is 2.22. The molecule has 0 unspecified atom stereocenters. The van der Waals surface area contributed by atoms with E-state index in [0.717, 1.165) is 58.0 Å². The molecule has 3 aliphatic rings. The van der Waals surface area contributed by atoms with Crippen LogP contribution in [-0.4, -0.2) is 86.4 Å². The Morgan fingerprint density at radius 1 is 1.17 bits per heavy atom. The van der Waals surface area contributed by atoms with E-state index >= 15 is 0 Å². The van der Waals surface area contributed by atoms with E-state index in [1.54, 1.807) is 0 Å². The van der Waals surface area contributed by atoms with E-state index in [1.165, 1.54) is 6.42 Å². The fraction of sp³-hybridized carbons (Fsp3) is 0.944. The first-order valence-electron chi connectivity index (χ1n) is 9.59. The van der Waals surface area contributed by atoms with Crippen LogP contribution in [0.5, 0.6) is 0 Å². The molecule has 3 rings (SSSR count). The molecule has 0 aromatic heterocycles. The number of nitrogens with one attached hydrogen (secondary N) is 1. The topological polar surface area (TPSA) is 54.0 Å². The Bertz CT molecular complexity index is 396. The first-order chi connectivity index (χ1) is 11.6. The predicted octanol–water partition coefficient (Wildman–Crippen LogP) is 0.713. The highest BCUT2D eigenvalue weighted by atomic mass is 16.5. The lowest BCUT2D eigenvalue weighted by molar-refractivity contribution is -0.137. The molecule has 0 radical (unpaired) electrons. The number of amides is 1. The lowest BCUT2D eigenvalue weighted by Crippen LogP contribution is -2.54. The summed E-state index contributed by atoms with van der Waals surface area (Å²) in [6, 6.07) is -0.133. The maximum absolute atomic E-state index is 12.5. The monoisotopic (exact) mass is 339 g/mol. The zero-order chi connectivity index (χ0) is 16.9. The zero-order valence-corrected chi connectivity index (χ0v) is 15.2. The van der Waals surface area contributed by atoms with Crippen molar-refractivity contribution < 1.29 is 14.3 Å². The van der Waals surface area contributed by atoms with Crippen molar-refractivity contribution in [2.75, 3.05) is 52.5 Å². The molecule has 0 saturated carbocycles. The Morgan fingerprint density at radius 3 is 2.50 bits per heavy atom. The van der Waals surface area contributed by atoms with Crippen molar-refractivity contribution in [3.05, 3.63) is 0 Å². The molecule has 3 aliphatic heterocycles. The number of rotatable bonds is 4. The summed E-state index contributed by atoms with van der Waals surface area (Å²) < 4.78 is 11.2. The number of carbonyl (C=O) groups excluding carboxylic acids is 1. The Labute approximate surface area is 145 Å². The fourth-order valence-electron chi connectivity index (χ4n) is 4.22. The summed E-state index contributed by atoms with van der Waals surface area (Å²) in [5, 5.41) is 3.27. The summed E-state index contributed by atoms with van der Waals surface area (Å²) in [4.78, 5) is 17.1. The molecule has 3 heterocycles. The van der Waals surface area contributed by atoms with Crippen LogP contribution in [0, 0.1) is 5.92 Å². The largest absolute Gasteiger partial charge is 0.378 e. The quantitative estimate of drug-likeness (QED) is 0.818. The smallest absolute Gasteiger partial charge is 0.242 e. The minimum Gasteiger partial charge on any atom is -0.378 e. The molecule has 0 aromatic carbocycles. The molecule has 138 valence electrons. The van der Waals surface area contributed by atoms with Crippen LogP contribution in [0.4, 0.5) is 0 Å². The van der Waals surface area contributed by atoms with Crippen molar-refractivity contribution in [1.29, 1.82) is 0 Å². The van der Waals surface area contributed by atoms with Gasteiger partial charge in [0.25, 0.3) is 0 Å². The molecule has 0 aliphatic carbocycles. The van der Waals surface area contributed by atoms with Crippen molar-refractivity contribution in [2.45, 2.75) is 51.4 Å². The van der Waals surface area contributed by atoms with Crippen LogP contribution in [0.1, 0.15) is 33.1 Å². The highest BCUT2D eigenvalue weighted by Gasteiger charge is 2.30. The predicted molar refractivity (Wildman–Crippen MR) is 93.0 cm³/mol.